The van der Waals surface area contributed by atoms with Gasteiger partial charge in [0.2, 0.25) is 5.91 Å². The number of nitro groups is 1. The van der Waals surface area contributed by atoms with Crippen LogP contribution >= 0.6 is 0 Å². The standard InChI is InChI=1S/C31H23N3O8/c1-40-25-17-20(15-16-24(25)41-31(37)19-9-4-2-5-10-19)27-26-28(30(36)32(29(26)35)21-11-6-3-7-12-21)42-33(27)22-13-8-14-23(18-22)34(38)39/h2-18,26-28H,1H3/t26-,27+,28+/m0/s1. The lowest BCUT2D eigenvalue weighted by molar-refractivity contribution is -0.384. The Morgan fingerprint density at radius 2 is 1.52 bits per heavy atom. The Morgan fingerprint density at radius 1 is 0.833 bits per heavy atom. The summed E-state index contributed by atoms with van der Waals surface area (Å²) in [6, 6.07) is 26.6. The number of esters is 1. The van der Waals surface area contributed by atoms with Crippen molar-refractivity contribution in [1.82, 2.24) is 0 Å². The Morgan fingerprint density at radius 3 is 2.21 bits per heavy atom. The van der Waals surface area contributed by atoms with E-state index in [2.05, 4.69) is 0 Å². The van der Waals surface area contributed by atoms with Gasteiger partial charge in [0.05, 0.1) is 35.0 Å². The quantitative estimate of drug-likeness (QED) is 0.101. The zero-order valence-corrected chi connectivity index (χ0v) is 22.2. The number of carbonyl (C=O) groups is 3. The fraction of sp³-hybridized carbons (Fsp3) is 0.129. The van der Waals surface area contributed by atoms with Gasteiger partial charge in [-0.2, -0.15) is 0 Å². The Hall–Kier alpha value is -5.55. The molecule has 0 spiro atoms. The van der Waals surface area contributed by atoms with Crippen LogP contribution in [-0.2, 0) is 14.4 Å². The number of anilines is 2. The molecule has 42 heavy (non-hydrogen) atoms. The number of nitrogens with zero attached hydrogens (tertiary/aromatic N) is 3. The highest BCUT2D eigenvalue weighted by molar-refractivity contribution is 6.23. The SMILES string of the molecule is COc1cc([C@@H]2[C@@H]3C(=O)N(c4ccccc4)C(=O)[C@@H]3ON2c2cccc([N+](=O)[O-])c2)ccc1OC(=O)c1ccccc1. The van der Waals surface area contributed by atoms with E-state index >= 15 is 0 Å². The topological polar surface area (TPSA) is 129 Å². The van der Waals surface area contributed by atoms with Gasteiger partial charge in [-0.05, 0) is 48.0 Å². The number of hydroxylamine groups is 1. The molecule has 0 radical (unpaired) electrons. The van der Waals surface area contributed by atoms with Crippen LogP contribution in [0, 0.1) is 16.0 Å². The van der Waals surface area contributed by atoms with Gasteiger partial charge in [-0.3, -0.25) is 24.5 Å². The third-order valence-corrected chi connectivity index (χ3v) is 7.17. The fourth-order valence-electron chi connectivity index (χ4n) is 5.24. The number of imide groups is 1. The normalized spacial score (nSPS) is 19.5. The molecule has 0 bridgehead atoms. The van der Waals surface area contributed by atoms with Gasteiger partial charge in [0.15, 0.2) is 17.6 Å². The van der Waals surface area contributed by atoms with E-state index in [1.165, 1.54) is 36.4 Å². The van der Waals surface area contributed by atoms with Gasteiger partial charge in [0.25, 0.3) is 11.6 Å². The summed E-state index contributed by atoms with van der Waals surface area (Å²) in [5.74, 6) is -2.25. The lowest BCUT2D eigenvalue weighted by Crippen LogP contribution is -2.37. The van der Waals surface area contributed by atoms with E-state index < -0.39 is 40.8 Å². The molecule has 0 saturated carbocycles. The molecule has 2 fully saturated rings. The molecule has 11 nitrogen and oxygen atoms in total. The van der Waals surface area contributed by atoms with E-state index in [4.69, 9.17) is 14.3 Å². The first-order chi connectivity index (χ1) is 20.4. The first-order valence-corrected chi connectivity index (χ1v) is 13.0. The number of ether oxygens (including phenoxy) is 2. The van der Waals surface area contributed by atoms with Crippen molar-refractivity contribution in [1.29, 1.82) is 0 Å². The van der Waals surface area contributed by atoms with E-state index in [1.807, 2.05) is 0 Å². The highest BCUT2D eigenvalue weighted by atomic mass is 16.7. The molecule has 210 valence electrons. The number of benzene rings is 4. The largest absolute Gasteiger partial charge is 0.493 e. The number of fused-ring (bicyclic) bond motifs is 1. The summed E-state index contributed by atoms with van der Waals surface area (Å²) in [6.45, 7) is 0. The summed E-state index contributed by atoms with van der Waals surface area (Å²) < 4.78 is 11.1. The predicted octanol–water partition coefficient (Wildman–Crippen LogP) is 4.87. The van der Waals surface area contributed by atoms with Crippen LogP contribution in [0.3, 0.4) is 0 Å². The summed E-state index contributed by atoms with van der Waals surface area (Å²) in [7, 11) is 1.41. The minimum atomic E-state index is -1.18. The number of non-ortho nitro benzene ring substituents is 1. The van der Waals surface area contributed by atoms with Gasteiger partial charge < -0.3 is 9.47 Å². The number of hydrogen-bond donors (Lipinski definition) is 0. The number of hydrogen-bond acceptors (Lipinski definition) is 9. The van der Waals surface area contributed by atoms with Crippen LogP contribution in [0.5, 0.6) is 11.5 Å². The molecule has 2 amide bonds. The second-order valence-electron chi connectivity index (χ2n) is 9.61. The van der Waals surface area contributed by atoms with Crippen LogP contribution in [0.25, 0.3) is 0 Å². The Kier molecular flexibility index (Phi) is 6.85. The molecule has 0 unspecified atom stereocenters. The van der Waals surface area contributed by atoms with Crippen LogP contribution in [0.1, 0.15) is 22.0 Å². The van der Waals surface area contributed by atoms with Gasteiger partial charge in [-0.15, -0.1) is 0 Å². The average Bonchev–Trinajstić information content (AvgIpc) is 3.53. The molecule has 6 rings (SSSR count). The first kappa shape index (κ1) is 26.7. The van der Waals surface area contributed by atoms with Crippen LogP contribution in [0.2, 0.25) is 0 Å². The number of rotatable bonds is 7. The number of para-hydroxylation sites is 1. The summed E-state index contributed by atoms with van der Waals surface area (Å²) in [5.41, 5.74) is 1.36. The molecular weight excluding hydrogens is 542 g/mol. The molecule has 3 atom stereocenters. The highest BCUT2D eigenvalue weighted by Crippen LogP contribution is 2.49. The molecule has 2 heterocycles. The zero-order valence-electron chi connectivity index (χ0n) is 22.2. The molecule has 2 aliphatic heterocycles. The zero-order chi connectivity index (χ0) is 29.4. The van der Waals surface area contributed by atoms with Crippen molar-refractivity contribution in [2.24, 2.45) is 5.92 Å². The van der Waals surface area contributed by atoms with Crippen molar-refractivity contribution in [2.45, 2.75) is 12.1 Å². The summed E-state index contributed by atoms with van der Waals surface area (Å²) in [5, 5.41) is 12.9. The first-order valence-electron chi connectivity index (χ1n) is 13.0. The number of nitro benzene ring substituents is 1. The molecule has 2 aliphatic rings. The van der Waals surface area contributed by atoms with Crippen molar-refractivity contribution in [2.75, 3.05) is 17.1 Å². The molecule has 4 aromatic carbocycles. The summed E-state index contributed by atoms with van der Waals surface area (Å²) >= 11 is 0. The summed E-state index contributed by atoms with van der Waals surface area (Å²) in [4.78, 5) is 58.2. The second kappa shape index (κ2) is 10.8. The lowest BCUT2D eigenvalue weighted by atomic mass is 9.90. The monoisotopic (exact) mass is 565 g/mol. The van der Waals surface area contributed by atoms with Gasteiger partial charge in [0, 0.05) is 12.1 Å². The summed E-state index contributed by atoms with van der Waals surface area (Å²) in [6.07, 6.45) is -1.18. The maximum absolute atomic E-state index is 13.8. The van der Waals surface area contributed by atoms with Gasteiger partial charge in [-0.1, -0.05) is 48.5 Å². The van der Waals surface area contributed by atoms with Gasteiger partial charge in [-0.25, -0.2) is 14.8 Å². The van der Waals surface area contributed by atoms with Gasteiger partial charge in [0.1, 0.15) is 5.92 Å². The van der Waals surface area contributed by atoms with Gasteiger partial charge >= 0.3 is 5.97 Å². The predicted molar refractivity (Wildman–Crippen MR) is 150 cm³/mol. The number of amides is 2. The van der Waals surface area contributed by atoms with Crippen LogP contribution in [0.4, 0.5) is 17.1 Å². The van der Waals surface area contributed by atoms with Crippen LogP contribution < -0.4 is 19.4 Å². The van der Waals surface area contributed by atoms with E-state index in [1.54, 1.807) is 78.9 Å². The number of methoxy groups -OCH3 is 1. The van der Waals surface area contributed by atoms with Crippen molar-refractivity contribution in [3.63, 3.8) is 0 Å². The van der Waals surface area contributed by atoms with E-state index in [0.29, 0.717) is 16.8 Å². The second-order valence-corrected chi connectivity index (χ2v) is 9.61. The van der Waals surface area contributed by atoms with E-state index in [0.717, 1.165) is 4.90 Å². The van der Waals surface area contributed by atoms with Crippen LogP contribution in [-0.4, -0.2) is 35.9 Å². The van der Waals surface area contributed by atoms with Crippen molar-refractivity contribution in [3.8, 4) is 11.5 Å². The Balaban J connectivity index is 1.41. The molecule has 0 aliphatic carbocycles. The van der Waals surface area contributed by atoms with Crippen molar-refractivity contribution >= 4 is 34.8 Å². The average molecular weight is 566 g/mol. The smallest absolute Gasteiger partial charge is 0.343 e. The molecule has 0 N–H and O–H groups in total. The van der Waals surface area contributed by atoms with Crippen molar-refractivity contribution < 1.29 is 33.6 Å². The molecule has 11 heteroatoms. The fourth-order valence-corrected chi connectivity index (χ4v) is 5.24. The number of carbonyl (C=O) groups excluding carboxylic acids is 3. The highest BCUT2D eigenvalue weighted by Gasteiger charge is 2.60. The lowest BCUT2D eigenvalue weighted by Gasteiger charge is -2.29. The van der Waals surface area contributed by atoms with E-state index in [9.17, 15) is 24.5 Å². The molecule has 4 aromatic rings. The van der Waals surface area contributed by atoms with Crippen molar-refractivity contribution in [3.05, 3.63) is 124 Å². The third kappa shape index (κ3) is 4.61. The maximum atomic E-state index is 13.8. The third-order valence-electron chi connectivity index (χ3n) is 7.17. The molecule has 2 saturated heterocycles. The Bertz CT molecular complexity index is 1700. The molecular formula is C31H23N3O8. The Labute approximate surface area is 239 Å². The maximum Gasteiger partial charge on any atom is 0.343 e. The minimum Gasteiger partial charge on any atom is -0.493 e. The molecule has 0 aromatic heterocycles. The minimum absolute atomic E-state index is 0.146. The van der Waals surface area contributed by atoms with E-state index in [-0.39, 0.29) is 22.9 Å². The van der Waals surface area contributed by atoms with Crippen LogP contribution in [0.15, 0.2) is 103 Å².